The van der Waals surface area contributed by atoms with Gasteiger partial charge in [-0.3, -0.25) is 4.79 Å². The Morgan fingerprint density at radius 1 is 1.04 bits per heavy atom. The molecule has 3 amide bonds. The lowest BCUT2D eigenvalue weighted by molar-refractivity contribution is 0.0640. The van der Waals surface area contributed by atoms with E-state index in [0.717, 1.165) is 0 Å². The van der Waals surface area contributed by atoms with Gasteiger partial charge in [0.2, 0.25) is 0 Å². The number of hydrogen-bond donors (Lipinski definition) is 1. The number of carbonyl (C=O) groups excluding carboxylic acids is 2. The van der Waals surface area contributed by atoms with Gasteiger partial charge >= 0.3 is 6.03 Å². The van der Waals surface area contributed by atoms with Crippen molar-refractivity contribution in [3.8, 4) is 0 Å². The summed E-state index contributed by atoms with van der Waals surface area (Å²) < 4.78 is 5.12. The van der Waals surface area contributed by atoms with E-state index in [2.05, 4.69) is 5.32 Å². The van der Waals surface area contributed by atoms with Crippen LogP contribution >= 0.6 is 23.2 Å². The summed E-state index contributed by atoms with van der Waals surface area (Å²) >= 11 is 11.9. The van der Waals surface area contributed by atoms with E-state index >= 15 is 0 Å². The highest BCUT2D eigenvalue weighted by Crippen LogP contribution is 2.25. The van der Waals surface area contributed by atoms with E-state index in [-0.39, 0.29) is 11.9 Å². The Labute approximate surface area is 148 Å². The van der Waals surface area contributed by atoms with Crippen LogP contribution < -0.4 is 5.32 Å². The van der Waals surface area contributed by atoms with Crippen LogP contribution in [0.25, 0.3) is 0 Å². The van der Waals surface area contributed by atoms with Crippen LogP contribution in [-0.4, -0.2) is 47.9 Å². The topological polar surface area (TPSA) is 65.8 Å². The van der Waals surface area contributed by atoms with Crippen LogP contribution in [0.4, 0.5) is 10.5 Å². The molecule has 0 atom stereocenters. The Morgan fingerprint density at radius 2 is 1.75 bits per heavy atom. The summed E-state index contributed by atoms with van der Waals surface area (Å²) in [5.41, 5.74) is 0.500. The van der Waals surface area contributed by atoms with E-state index < -0.39 is 0 Å². The molecule has 0 bridgehead atoms. The quantitative estimate of drug-likeness (QED) is 0.881. The van der Waals surface area contributed by atoms with Gasteiger partial charge in [0, 0.05) is 31.2 Å². The van der Waals surface area contributed by atoms with Crippen molar-refractivity contribution in [2.24, 2.45) is 0 Å². The van der Waals surface area contributed by atoms with Crippen LogP contribution in [0.3, 0.4) is 0 Å². The van der Waals surface area contributed by atoms with Gasteiger partial charge in [0.05, 0.1) is 17.0 Å². The second kappa shape index (κ2) is 7.15. The van der Waals surface area contributed by atoms with Gasteiger partial charge in [-0.1, -0.05) is 23.2 Å². The monoisotopic (exact) mass is 367 g/mol. The average Bonchev–Trinajstić information content (AvgIpc) is 3.11. The number of halogens is 2. The fourth-order valence-corrected chi connectivity index (χ4v) is 2.91. The smallest absolute Gasteiger partial charge is 0.322 e. The largest absolute Gasteiger partial charge is 0.459 e. The van der Waals surface area contributed by atoms with E-state index in [9.17, 15) is 9.59 Å². The average molecular weight is 368 g/mol. The number of piperazine rings is 1. The zero-order valence-electron chi connectivity index (χ0n) is 12.7. The number of nitrogens with zero attached hydrogens (tertiary/aromatic N) is 2. The maximum atomic E-state index is 12.3. The highest BCUT2D eigenvalue weighted by atomic mass is 35.5. The third kappa shape index (κ3) is 3.66. The molecule has 2 aromatic rings. The Balaban J connectivity index is 1.56. The first-order valence-corrected chi connectivity index (χ1v) is 8.14. The fraction of sp³-hybridized carbons (Fsp3) is 0.250. The van der Waals surface area contributed by atoms with E-state index in [1.807, 2.05) is 0 Å². The Morgan fingerprint density at radius 3 is 2.38 bits per heavy atom. The van der Waals surface area contributed by atoms with Crippen LogP contribution in [0, 0.1) is 0 Å². The summed E-state index contributed by atoms with van der Waals surface area (Å²) in [5.74, 6) is 0.140. The summed E-state index contributed by atoms with van der Waals surface area (Å²) in [4.78, 5) is 27.8. The minimum atomic E-state index is -0.260. The standard InChI is InChI=1S/C16H15Cl2N3O3/c17-11-3-4-13(12(18)10-11)19-16(23)21-7-5-20(6-8-21)15(22)14-2-1-9-24-14/h1-4,9-10H,5-8H2,(H,19,23). The molecule has 0 unspecified atom stereocenters. The van der Waals surface area contributed by atoms with E-state index in [1.165, 1.54) is 6.26 Å². The fourth-order valence-electron chi connectivity index (χ4n) is 2.45. The van der Waals surface area contributed by atoms with Gasteiger partial charge in [0.25, 0.3) is 5.91 Å². The zero-order valence-corrected chi connectivity index (χ0v) is 14.2. The molecule has 1 saturated heterocycles. The first kappa shape index (κ1) is 16.7. The van der Waals surface area contributed by atoms with Crippen molar-refractivity contribution < 1.29 is 14.0 Å². The number of nitrogens with one attached hydrogen (secondary N) is 1. The van der Waals surface area contributed by atoms with Gasteiger partial charge in [-0.05, 0) is 30.3 Å². The number of rotatable bonds is 2. The molecular weight excluding hydrogens is 353 g/mol. The summed E-state index contributed by atoms with van der Waals surface area (Å²) in [6.07, 6.45) is 1.47. The van der Waals surface area contributed by atoms with Crippen molar-refractivity contribution >= 4 is 40.8 Å². The van der Waals surface area contributed by atoms with Crippen molar-refractivity contribution in [1.82, 2.24) is 9.80 Å². The van der Waals surface area contributed by atoms with Crippen LogP contribution in [-0.2, 0) is 0 Å². The normalized spacial score (nSPS) is 14.6. The molecule has 126 valence electrons. The van der Waals surface area contributed by atoms with Gasteiger partial charge < -0.3 is 19.5 Å². The molecular formula is C16H15Cl2N3O3. The van der Waals surface area contributed by atoms with Gasteiger partial charge in [-0.2, -0.15) is 0 Å². The van der Waals surface area contributed by atoms with Crippen LogP contribution in [0.1, 0.15) is 10.6 Å². The molecule has 1 aliphatic heterocycles. The molecule has 0 spiro atoms. The van der Waals surface area contributed by atoms with Gasteiger partial charge in [0.1, 0.15) is 0 Å². The number of amides is 3. The Kier molecular flexibility index (Phi) is 4.97. The molecule has 1 N–H and O–H groups in total. The zero-order chi connectivity index (χ0) is 17.1. The van der Waals surface area contributed by atoms with Gasteiger partial charge in [0.15, 0.2) is 5.76 Å². The summed E-state index contributed by atoms with van der Waals surface area (Å²) in [5, 5.41) is 3.63. The first-order valence-electron chi connectivity index (χ1n) is 7.38. The number of carbonyl (C=O) groups is 2. The molecule has 3 rings (SSSR count). The minimum absolute atomic E-state index is 0.166. The summed E-state index contributed by atoms with van der Waals surface area (Å²) in [6, 6.07) is 7.92. The van der Waals surface area contributed by atoms with Crippen LogP contribution in [0.15, 0.2) is 41.0 Å². The highest BCUT2D eigenvalue weighted by Gasteiger charge is 2.26. The predicted octanol–water partition coefficient (Wildman–Crippen LogP) is 3.58. The summed E-state index contributed by atoms with van der Waals surface area (Å²) in [6.45, 7) is 1.76. The van der Waals surface area contributed by atoms with Crippen LogP contribution in [0.5, 0.6) is 0 Å². The molecule has 8 heteroatoms. The SMILES string of the molecule is O=C(Nc1ccc(Cl)cc1Cl)N1CCN(C(=O)c2ccco2)CC1. The molecule has 1 aliphatic rings. The molecule has 0 saturated carbocycles. The maximum Gasteiger partial charge on any atom is 0.322 e. The number of urea groups is 1. The Hall–Kier alpha value is -2.18. The molecule has 6 nitrogen and oxygen atoms in total. The van der Waals surface area contributed by atoms with Crippen molar-refractivity contribution in [3.63, 3.8) is 0 Å². The predicted molar refractivity (Wildman–Crippen MR) is 91.7 cm³/mol. The first-order chi connectivity index (χ1) is 11.5. The number of anilines is 1. The number of hydrogen-bond acceptors (Lipinski definition) is 3. The molecule has 1 aromatic heterocycles. The van der Waals surface area contributed by atoms with Crippen molar-refractivity contribution in [1.29, 1.82) is 0 Å². The number of furan rings is 1. The molecule has 0 radical (unpaired) electrons. The second-order valence-corrected chi connectivity index (χ2v) is 6.15. The van der Waals surface area contributed by atoms with Crippen molar-refractivity contribution in [2.75, 3.05) is 31.5 Å². The van der Waals surface area contributed by atoms with Gasteiger partial charge in [-0.25, -0.2) is 4.79 Å². The highest BCUT2D eigenvalue weighted by molar-refractivity contribution is 6.36. The van der Waals surface area contributed by atoms with Crippen molar-refractivity contribution in [3.05, 3.63) is 52.4 Å². The number of benzene rings is 1. The van der Waals surface area contributed by atoms with Crippen molar-refractivity contribution in [2.45, 2.75) is 0 Å². The lowest BCUT2D eigenvalue weighted by Crippen LogP contribution is -2.51. The van der Waals surface area contributed by atoms with Crippen LogP contribution in [0.2, 0.25) is 10.0 Å². The molecule has 1 fully saturated rings. The molecule has 2 heterocycles. The lowest BCUT2D eigenvalue weighted by Gasteiger charge is -2.34. The van der Waals surface area contributed by atoms with E-state index in [0.29, 0.717) is 47.7 Å². The van der Waals surface area contributed by atoms with E-state index in [1.54, 1.807) is 40.1 Å². The second-order valence-electron chi connectivity index (χ2n) is 5.31. The lowest BCUT2D eigenvalue weighted by atomic mass is 10.3. The Bertz CT molecular complexity index is 741. The molecule has 0 aliphatic carbocycles. The molecule has 1 aromatic carbocycles. The maximum absolute atomic E-state index is 12.3. The van der Waals surface area contributed by atoms with E-state index in [4.69, 9.17) is 27.6 Å². The van der Waals surface area contributed by atoms with Gasteiger partial charge in [-0.15, -0.1) is 0 Å². The third-order valence-electron chi connectivity index (χ3n) is 3.76. The third-order valence-corrected chi connectivity index (χ3v) is 4.31. The minimum Gasteiger partial charge on any atom is -0.459 e. The summed E-state index contributed by atoms with van der Waals surface area (Å²) in [7, 11) is 0. The molecule has 24 heavy (non-hydrogen) atoms.